The maximum atomic E-state index is 12.2. The molecule has 0 aromatic heterocycles. The number of aliphatic hydroxyl groups is 1. The fourth-order valence-electron chi connectivity index (χ4n) is 2.70. The first-order chi connectivity index (χ1) is 9.80. The molecule has 1 heterocycles. The van der Waals surface area contributed by atoms with Crippen LogP contribution in [0.4, 0.5) is 4.79 Å². The predicted octanol–water partition coefficient (Wildman–Crippen LogP) is 3.08. The summed E-state index contributed by atoms with van der Waals surface area (Å²) in [6, 6.07) is 6.07. The normalized spacial score (nSPS) is 18.9. The van der Waals surface area contributed by atoms with Crippen molar-refractivity contribution < 1.29 is 14.6 Å². The molecule has 1 aliphatic rings. The maximum absolute atomic E-state index is 12.2. The van der Waals surface area contributed by atoms with Crippen molar-refractivity contribution in [2.24, 2.45) is 0 Å². The van der Waals surface area contributed by atoms with Gasteiger partial charge in [0, 0.05) is 13.1 Å². The standard InChI is InChI=1S/C17H25NO3/c1-12-10-18(16(20)21-17(2,3)4)8-7-14-6-5-13(11-19)9-15(12)14/h5-6,9,12,19H,7-8,10-11H2,1-4H3. The van der Waals surface area contributed by atoms with Gasteiger partial charge in [-0.15, -0.1) is 0 Å². The van der Waals surface area contributed by atoms with E-state index in [1.165, 1.54) is 11.1 Å². The van der Waals surface area contributed by atoms with E-state index in [4.69, 9.17) is 4.74 Å². The van der Waals surface area contributed by atoms with Crippen molar-refractivity contribution in [2.75, 3.05) is 13.1 Å². The molecule has 4 heteroatoms. The first kappa shape index (κ1) is 15.8. The highest BCUT2D eigenvalue weighted by atomic mass is 16.6. The van der Waals surface area contributed by atoms with Gasteiger partial charge in [-0.2, -0.15) is 0 Å². The third kappa shape index (κ3) is 3.97. The van der Waals surface area contributed by atoms with Crippen LogP contribution in [0.5, 0.6) is 0 Å². The minimum absolute atomic E-state index is 0.0514. The lowest BCUT2D eigenvalue weighted by molar-refractivity contribution is 0.0248. The quantitative estimate of drug-likeness (QED) is 0.865. The number of fused-ring (bicyclic) bond motifs is 1. The van der Waals surface area contributed by atoms with E-state index >= 15 is 0 Å². The van der Waals surface area contributed by atoms with Crippen LogP contribution in [0.15, 0.2) is 18.2 Å². The number of hydrogen-bond acceptors (Lipinski definition) is 3. The number of ether oxygens (including phenoxy) is 1. The van der Waals surface area contributed by atoms with E-state index in [0.29, 0.717) is 13.1 Å². The lowest BCUT2D eigenvalue weighted by Gasteiger charge is -2.27. The summed E-state index contributed by atoms with van der Waals surface area (Å²) in [6.45, 7) is 9.14. The van der Waals surface area contributed by atoms with Crippen molar-refractivity contribution in [3.05, 3.63) is 34.9 Å². The topological polar surface area (TPSA) is 49.8 Å². The van der Waals surface area contributed by atoms with E-state index in [1.54, 1.807) is 4.90 Å². The smallest absolute Gasteiger partial charge is 0.410 e. The molecule has 1 aromatic carbocycles. The summed E-state index contributed by atoms with van der Waals surface area (Å²) in [7, 11) is 0. The van der Waals surface area contributed by atoms with Crippen molar-refractivity contribution in [3.63, 3.8) is 0 Å². The molecular formula is C17H25NO3. The van der Waals surface area contributed by atoms with Gasteiger partial charge in [0.05, 0.1) is 6.61 Å². The average Bonchev–Trinajstić information content (AvgIpc) is 2.56. The molecule has 1 amide bonds. The number of amides is 1. The maximum Gasteiger partial charge on any atom is 0.410 e. The molecule has 0 spiro atoms. The van der Waals surface area contributed by atoms with Crippen LogP contribution in [0, 0.1) is 0 Å². The Morgan fingerprint density at radius 1 is 1.43 bits per heavy atom. The second kappa shape index (κ2) is 6.06. The summed E-state index contributed by atoms with van der Waals surface area (Å²) in [5.41, 5.74) is 2.94. The first-order valence-corrected chi connectivity index (χ1v) is 7.50. The molecule has 1 atom stereocenters. The fourth-order valence-corrected chi connectivity index (χ4v) is 2.70. The second-order valence-electron chi connectivity index (χ2n) is 6.77. The lowest BCUT2D eigenvalue weighted by atomic mass is 9.93. The summed E-state index contributed by atoms with van der Waals surface area (Å²) in [5.74, 6) is 0.238. The van der Waals surface area contributed by atoms with Crippen molar-refractivity contribution in [1.82, 2.24) is 4.90 Å². The third-order valence-electron chi connectivity index (χ3n) is 3.72. The van der Waals surface area contributed by atoms with Crippen molar-refractivity contribution in [1.29, 1.82) is 0 Å². The molecule has 1 N–H and O–H groups in total. The average molecular weight is 291 g/mol. The summed E-state index contributed by atoms with van der Waals surface area (Å²) in [4.78, 5) is 14.0. The zero-order chi connectivity index (χ0) is 15.6. The van der Waals surface area contributed by atoms with Gasteiger partial charge in [-0.25, -0.2) is 4.79 Å². The van der Waals surface area contributed by atoms with Crippen molar-refractivity contribution >= 4 is 6.09 Å². The highest BCUT2D eigenvalue weighted by molar-refractivity contribution is 5.68. The molecule has 0 radical (unpaired) electrons. The van der Waals surface area contributed by atoms with E-state index < -0.39 is 5.60 Å². The number of aliphatic hydroxyl groups excluding tert-OH is 1. The molecule has 21 heavy (non-hydrogen) atoms. The monoisotopic (exact) mass is 291 g/mol. The van der Waals surface area contributed by atoms with Gasteiger partial charge >= 0.3 is 6.09 Å². The number of nitrogens with zero attached hydrogens (tertiary/aromatic N) is 1. The second-order valence-corrected chi connectivity index (χ2v) is 6.77. The van der Waals surface area contributed by atoms with Gasteiger partial charge in [-0.05, 0) is 49.8 Å². The van der Waals surface area contributed by atoms with Gasteiger partial charge < -0.3 is 14.7 Å². The number of carbonyl (C=O) groups is 1. The van der Waals surface area contributed by atoms with Gasteiger partial charge in [0.15, 0.2) is 0 Å². The van der Waals surface area contributed by atoms with Crippen LogP contribution in [0.2, 0.25) is 0 Å². The predicted molar refractivity (Wildman–Crippen MR) is 82.3 cm³/mol. The third-order valence-corrected chi connectivity index (χ3v) is 3.72. The highest BCUT2D eigenvalue weighted by Gasteiger charge is 2.27. The minimum atomic E-state index is -0.469. The van der Waals surface area contributed by atoms with Gasteiger partial charge in [0.25, 0.3) is 0 Å². The molecule has 0 bridgehead atoms. The van der Waals surface area contributed by atoms with E-state index in [9.17, 15) is 9.90 Å². The van der Waals surface area contributed by atoms with Crippen LogP contribution in [0.3, 0.4) is 0 Å². The molecule has 0 saturated heterocycles. The number of benzene rings is 1. The summed E-state index contributed by atoms with van der Waals surface area (Å²) in [5, 5.41) is 9.28. The molecule has 0 saturated carbocycles. The largest absolute Gasteiger partial charge is 0.444 e. The lowest BCUT2D eigenvalue weighted by Crippen LogP contribution is -2.38. The SMILES string of the molecule is CC1CN(C(=O)OC(C)(C)C)CCc2ccc(CO)cc21. The Kier molecular flexibility index (Phi) is 4.57. The molecule has 1 unspecified atom stereocenters. The summed E-state index contributed by atoms with van der Waals surface area (Å²) in [6.07, 6.45) is 0.578. The van der Waals surface area contributed by atoms with Crippen molar-refractivity contribution in [2.45, 2.75) is 52.2 Å². The molecule has 0 fully saturated rings. The van der Waals surface area contributed by atoms with Gasteiger partial charge in [-0.3, -0.25) is 0 Å². The van der Waals surface area contributed by atoms with Crippen LogP contribution in [0.1, 0.15) is 50.3 Å². The Morgan fingerprint density at radius 2 is 2.14 bits per heavy atom. The van der Waals surface area contributed by atoms with Crippen LogP contribution in [-0.4, -0.2) is 34.8 Å². The Morgan fingerprint density at radius 3 is 2.76 bits per heavy atom. The molecule has 0 aliphatic carbocycles. The van der Waals surface area contributed by atoms with Gasteiger partial charge in [0.1, 0.15) is 5.60 Å². The molecule has 2 rings (SSSR count). The minimum Gasteiger partial charge on any atom is -0.444 e. The van der Waals surface area contributed by atoms with E-state index in [0.717, 1.165) is 12.0 Å². The molecule has 116 valence electrons. The number of carbonyl (C=O) groups excluding carboxylic acids is 1. The van der Waals surface area contributed by atoms with Crippen LogP contribution in [-0.2, 0) is 17.8 Å². The molecule has 1 aromatic rings. The summed E-state index contributed by atoms with van der Waals surface area (Å²) < 4.78 is 5.47. The van der Waals surface area contributed by atoms with Crippen LogP contribution >= 0.6 is 0 Å². The van der Waals surface area contributed by atoms with Crippen LogP contribution < -0.4 is 0 Å². The Balaban J connectivity index is 2.16. The van der Waals surface area contributed by atoms with E-state index in [2.05, 4.69) is 19.1 Å². The molecule has 4 nitrogen and oxygen atoms in total. The molecule has 1 aliphatic heterocycles. The Labute approximate surface area is 126 Å². The fraction of sp³-hybridized carbons (Fsp3) is 0.588. The van der Waals surface area contributed by atoms with Crippen LogP contribution in [0.25, 0.3) is 0 Å². The first-order valence-electron chi connectivity index (χ1n) is 7.50. The zero-order valence-electron chi connectivity index (χ0n) is 13.3. The zero-order valence-corrected chi connectivity index (χ0v) is 13.3. The number of hydrogen-bond donors (Lipinski definition) is 1. The number of rotatable bonds is 1. The van der Waals surface area contributed by atoms with Crippen molar-refractivity contribution in [3.8, 4) is 0 Å². The van der Waals surface area contributed by atoms with Gasteiger partial charge in [-0.1, -0.05) is 25.1 Å². The van der Waals surface area contributed by atoms with E-state index in [1.807, 2.05) is 26.8 Å². The Bertz CT molecular complexity index is 519. The summed E-state index contributed by atoms with van der Waals surface area (Å²) >= 11 is 0. The Hall–Kier alpha value is -1.55. The molecular weight excluding hydrogens is 266 g/mol. The van der Waals surface area contributed by atoms with Gasteiger partial charge in [0.2, 0.25) is 0 Å². The highest BCUT2D eigenvalue weighted by Crippen LogP contribution is 2.27. The van der Waals surface area contributed by atoms with E-state index in [-0.39, 0.29) is 18.6 Å².